The molecule has 0 aromatic heterocycles. The zero-order valence-electron chi connectivity index (χ0n) is 10.7. The molecule has 0 heterocycles. The summed E-state index contributed by atoms with van der Waals surface area (Å²) in [4.78, 5) is 0. The molecule has 0 spiro atoms. The Hall–Kier alpha value is -1.50. The molecular weight excluding hydrogens is 194 g/mol. The highest BCUT2D eigenvalue weighted by Crippen LogP contribution is 2.27. The highest BCUT2D eigenvalue weighted by molar-refractivity contribution is 5.38. The minimum atomic E-state index is 0.437. The molecule has 0 saturated carbocycles. The van der Waals surface area contributed by atoms with Crippen molar-refractivity contribution in [3.63, 3.8) is 0 Å². The number of hydrogen-bond acceptors (Lipinski definition) is 1. The van der Waals surface area contributed by atoms with Crippen molar-refractivity contribution in [2.75, 3.05) is 0 Å². The smallest absolute Gasteiger partial charge is 0.00371 e. The van der Waals surface area contributed by atoms with Gasteiger partial charge < -0.3 is 5.32 Å². The third-order valence-corrected chi connectivity index (χ3v) is 3.22. The molecule has 0 saturated heterocycles. The Labute approximate surface area is 98.9 Å². The van der Waals surface area contributed by atoms with E-state index in [0.29, 0.717) is 5.92 Å². The number of rotatable bonds is 4. The summed E-state index contributed by atoms with van der Waals surface area (Å²) < 4.78 is 0. The Balaban J connectivity index is 3.00. The first-order chi connectivity index (χ1) is 7.57. The van der Waals surface area contributed by atoms with Crippen molar-refractivity contribution < 1.29 is 0 Å². The van der Waals surface area contributed by atoms with Crippen LogP contribution in [0.2, 0.25) is 0 Å². The van der Waals surface area contributed by atoms with Crippen molar-refractivity contribution in [2.45, 2.75) is 33.6 Å². The SMILES string of the molecule is C=CN/C=C(\C)C(C)c1cccc(C)c1C. The maximum absolute atomic E-state index is 3.64. The second kappa shape index (κ2) is 5.55. The van der Waals surface area contributed by atoms with E-state index in [2.05, 4.69) is 57.8 Å². The first-order valence-corrected chi connectivity index (χ1v) is 5.67. The zero-order valence-corrected chi connectivity index (χ0v) is 10.7. The number of nitrogens with one attached hydrogen (secondary N) is 1. The summed E-state index contributed by atoms with van der Waals surface area (Å²) in [5, 5.41) is 3.03. The van der Waals surface area contributed by atoms with Gasteiger partial charge >= 0.3 is 0 Å². The maximum atomic E-state index is 3.64. The van der Waals surface area contributed by atoms with E-state index in [1.54, 1.807) is 6.20 Å². The molecule has 1 aromatic rings. The van der Waals surface area contributed by atoms with Crippen LogP contribution < -0.4 is 5.32 Å². The van der Waals surface area contributed by atoms with Crippen molar-refractivity contribution in [1.29, 1.82) is 0 Å². The lowest BCUT2D eigenvalue weighted by atomic mass is 9.89. The van der Waals surface area contributed by atoms with Crippen molar-refractivity contribution in [2.24, 2.45) is 0 Å². The summed E-state index contributed by atoms with van der Waals surface area (Å²) in [6, 6.07) is 6.49. The second-order valence-electron chi connectivity index (χ2n) is 4.27. The van der Waals surface area contributed by atoms with E-state index in [4.69, 9.17) is 0 Å². The zero-order chi connectivity index (χ0) is 12.1. The Kier molecular flexibility index (Phi) is 4.36. The summed E-state index contributed by atoms with van der Waals surface area (Å²) in [6.07, 6.45) is 3.71. The van der Waals surface area contributed by atoms with Gasteiger partial charge in [-0.2, -0.15) is 0 Å². The summed E-state index contributed by atoms with van der Waals surface area (Å²) in [5.74, 6) is 0.437. The fraction of sp³-hybridized carbons (Fsp3) is 0.333. The molecule has 1 N–H and O–H groups in total. The molecule has 1 aromatic carbocycles. The van der Waals surface area contributed by atoms with Crippen LogP contribution in [0.1, 0.15) is 36.5 Å². The first kappa shape index (κ1) is 12.6. The number of hydrogen-bond donors (Lipinski definition) is 1. The monoisotopic (exact) mass is 215 g/mol. The van der Waals surface area contributed by atoms with E-state index in [1.165, 1.54) is 22.3 Å². The summed E-state index contributed by atoms with van der Waals surface area (Å²) >= 11 is 0. The van der Waals surface area contributed by atoms with Crippen molar-refractivity contribution >= 4 is 0 Å². The molecule has 0 aliphatic carbocycles. The lowest BCUT2D eigenvalue weighted by Gasteiger charge is -2.17. The van der Waals surface area contributed by atoms with Gasteiger partial charge in [0.15, 0.2) is 0 Å². The highest BCUT2D eigenvalue weighted by Gasteiger charge is 2.10. The molecular formula is C15H21N. The third-order valence-electron chi connectivity index (χ3n) is 3.22. The van der Waals surface area contributed by atoms with Crippen LogP contribution in [-0.2, 0) is 0 Å². The van der Waals surface area contributed by atoms with Gasteiger partial charge in [-0.15, -0.1) is 0 Å². The van der Waals surface area contributed by atoms with E-state index in [9.17, 15) is 0 Å². The van der Waals surface area contributed by atoms with Gasteiger partial charge in [0, 0.05) is 5.92 Å². The van der Waals surface area contributed by atoms with Crippen molar-refractivity contribution in [1.82, 2.24) is 5.32 Å². The van der Waals surface area contributed by atoms with Gasteiger partial charge in [-0.25, -0.2) is 0 Å². The fourth-order valence-electron chi connectivity index (χ4n) is 1.80. The van der Waals surface area contributed by atoms with Crippen molar-refractivity contribution in [3.05, 3.63) is 59.4 Å². The average Bonchev–Trinajstić information content (AvgIpc) is 2.28. The lowest BCUT2D eigenvalue weighted by molar-refractivity contribution is 0.866. The molecule has 0 aliphatic heterocycles. The van der Waals surface area contributed by atoms with Crippen LogP contribution in [-0.4, -0.2) is 0 Å². The van der Waals surface area contributed by atoms with Crippen molar-refractivity contribution in [3.8, 4) is 0 Å². The van der Waals surface area contributed by atoms with Crippen LogP contribution in [0.5, 0.6) is 0 Å². The molecule has 0 aliphatic rings. The summed E-state index contributed by atoms with van der Waals surface area (Å²) in [6.45, 7) is 12.4. The maximum Gasteiger partial charge on any atom is 0.00371 e. The van der Waals surface area contributed by atoms with Crippen LogP contribution in [0.3, 0.4) is 0 Å². The molecule has 1 unspecified atom stereocenters. The van der Waals surface area contributed by atoms with E-state index in [1.807, 2.05) is 6.20 Å². The van der Waals surface area contributed by atoms with E-state index in [-0.39, 0.29) is 0 Å². The van der Waals surface area contributed by atoms with Gasteiger partial charge in [0.25, 0.3) is 0 Å². The first-order valence-electron chi connectivity index (χ1n) is 5.67. The normalized spacial score (nSPS) is 13.4. The largest absolute Gasteiger partial charge is 0.368 e. The predicted octanol–water partition coefficient (Wildman–Crippen LogP) is 4.04. The van der Waals surface area contributed by atoms with Crippen LogP contribution in [0.15, 0.2) is 42.8 Å². The van der Waals surface area contributed by atoms with Gasteiger partial charge in [-0.1, -0.05) is 37.3 Å². The van der Waals surface area contributed by atoms with Gasteiger partial charge in [0.05, 0.1) is 0 Å². The second-order valence-corrected chi connectivity index (χ2v) is 4.27. The molecule has 0 radical (unpaired) electrons. The average molecular weight is 215 g/mol. The molecule has 1 rings (SSSR count). The topological polar surface area (TPSA) is 12.0 Å². The Morgan fingerprint density at radius 1 is 1.38 bits per heavy atom. The Morgan fingerprint density at radius 3 is 2.69 bits per heavy atom. The molecule has 0 bridgehead atoms. The standard InChI is InChI=1S/C15H21N/c1-6-16-10-12(3)14(5)15-9-7-8-11(2)13(15)4/h6-10,14,16H,1H2,2-5H3/b12-10+. The number of aryl methyl sites for hydroxylation is 1. The lowest BCUT2D eigenvalue weighted by Crippen LogP contribution is -2.03. The summed E-state index contributed by atoms with van der Waals surface area (Å²) in [5.41, 5.74) is 5.46. The van der Waals surface area contributed by atoms with Crippen LogP contribution in [0.4, 0.5) is 0 Å². The number of benzene rings is 1. The molecule has 1 heteroatoms. The van der Waals surface area contributed by atoms with E-state index >= 15 is 0 Å². The molecule has 16 heavy (non-hydrogen) atoms. The van der Waals surface area contributed by atoms with E-state index < -0.39 is 0 Å². The van der Waals surface area contributed by atoms with Crippen LogP contribution in [0.25, 0.3) is 0 Å². The molecule has 86 valence electrons. The molecule has 0 fully saturated rings. The highest BCUT2D eigenvalue weighted by atomic mass is 14.8. The minimum absolute atomic E-state index is 0.437. The summed E-state index contributed by atoms with van der Waals surface area (Å²) in [7, 11) is 0. The predicted molar refractivity (Wildman–Crippen MR) is 71.4 cm³/mol. The van der Waals surface area contributed by atoms with Gasteiger partial charge in [0.2, 0.25) is 0 Å². The molecule has 0 amide bonds. The van der Waals surface area contributed by atoms with E-state index in [0.717, 1.165) is 0 Å². The van der Waals surface area contributed by atoms with Gasteiger partial charge in [-0.3, -0.25) is 0 Å². The molecule has 1 atom stereocenters. The fourth-order valence-corrected chi connectivity index (χ4v) is 1.80. The third kappa shape index (κ3) is 2.75. The quantitative estimate of drug-likeness (QED) is 0.799. The Morgan fingerprint density at radius 2 is 2.06 bits per heavy atom. The van der Waals surface area contributed by atoms with Crippen LogP contribution in [0, 0.1) is 13.8 Å². The molecule has 1 nitrogen and oxygen atoms in total. The van der Waals surface area contributed by atoms with Gasteiger partial charge in [-0.05, 0) is 49.9 Å². The van der Waals surface area contributed by atoms with Gasteiger partial charge in [0.1, 0.15) is 0 Å². The minimum Gasteiger partial charge on any atom is -0.368 e. The number of allylic oxidation sites excluding steroid dienone is 1. The Bertz CT molecular complexity index is 402. The van der Waals surface area contributed by atoms with Crippen LogP contribution >= 0.6 is 0 Å².